The molecular weight excluding hydrogens is 526 g/mol. The minimum absolute atomic E-state index is 0.109. The van der Waals surface area contributed by atoms with Crippen LogP contribution < -0.4 is 9.47 Å². The van der Waals surface area contributed by atoms with Gasteiger partial charge >= 0.3 is 5.97 Å². The van der Waals surface area contributed by atoms with Gasteiger partial charge in [-0.2, -0.15) is 0 Å². The van der Waals surface area contributed by atoms with E-state index in [2.05, 4.69) is 17.1 Å². The fraction of sp³-hybridized carbons (Fsp3) is 0.375. The number of aromatic nitrogens is 1. The average molecular weight is 564 g/mol. The number of aryl methyl sites for hydroxylation is 2. The summed E-state index contributed by atoms with van der Waals surface area (Å²) in [6, 6.07) is 13.5. The zero-order chi connectivity index (χ0) is 28.9. The van der Waals surface area contributed by atoms with Crippen LogP contribution in [0.1, 0.15) is 50.1 Å². The molecule has 2 aromatic heterocycles. The van der Waals surface area contributed by atoms with Gasteiger partial charge in [-0.3, -0.25) is 14.0 Å². The average Bonchev–Trinajstić information content (AvgIpc) is 3.30. The summed E-state index contributed by atoms with van der Waals surface area (Å²) in [5.41, 5.74) is 6.28. The van der Waals surface area contributed by atoms with Gasteiger partial charge in [0, 0.05) is 62.2 Å². The molecule has 0 N–H and O–H groups in total. The Kier molecular flexibility index (Phi) is 9.30. The van der Waals surface area contributed by atoms with Gasteiger partial charge < -0.3 is 18.6 Å². The van der Waals surface area contributed by atoms with Crippen LogP contribution in [0.5, 0.6) is 11.5 Å². The van der Waals surface area contributed by atoms with Gasteiger partial charge in [-0.25, -0.2) is 0 Å². The van der Waals surface area contributed by atoms with E-state index in [1.54, 1.807) is 38.6 Å². The van der Waals surface area contributed by atoms with Gasteiger partial charge in [-0.1, -0.05) is 6.07 Å². The molecule has 0 aliphatic rings. The SMILES string of the molecule is CCOC(=O)Cc1ccc(OC)cc1OCc1cc(-c2ccnc(CC[S@](=O)C(C)(C)C)c2)c2occ(C)c2c1. The number of esters is 1. The van der Waals surface area contributed by atoms with E-state index >= 15 is 0 Å². The molecule has 2 heterocycles. The van der Waals surface area contributed by atoms with Crippen molar-refractivity contribution in [3.05, 3.63) is 77.3 Å². The van der Waals surface area contributed by atoms with E-state index in [1.807, 2.05) is 45.9 Å². The first-order valence-corrected chi connectivity index (χ1v) is 14.7. The lowest BCUT2D eigenvalue weighted by molar-refractivity contribution is -0.142. The largest absolute Gasteiger partial charge is 0.497 e. The number of fused-ring (bicyclic) bond motifs is 1. The molecule has 40 heavy (non-hydrogen) atoms. The molecule has 1 atom stereocenters. The maximum Gasteiger partial charge on any atom is 0.310 e. The normalized spacial score (nSPS) is 12.3. The minimum Gasteiger partial charge on any atom is -0.497 e. The Balaban J connectivity index is 1.63. The molecule has 0 radical (unpaired) electrons. The zero-order valence-electron chi connectivity index (χ0n) is 24.0. The second kappa shape index (κ2) is 12.7. The van der Waals surface area contributed by atoms with Crippen molar-refractivity contribution in [1.82, 2.24) is 4.98 Å². The third-order valence-electron chi connectivity index (χ3n) is 6.59. The van der Waals surface area contributed by atoms with Crippen molar-refractivity contribution in [2.75, 3.05) is 19.5 Å². The maximum absolute atomic E-state index is 12.6. The van der Waals surface area contributed by atoms with E-state index in [1.165, 1.54) is 0 Å². The monoisotopic (exact) mass is 563 g/mol. The number of hydrogen-bond donors (Lipinski definition) is 0. The van der Waals surface area contributed by atoms with Crippen LogP contribution >= 0.6 is 0 Å². The number of carbonyl (C=O) groups excluding carboxylic acids is 1. The summed E-state index contributed by atoms with van der Waals surface area (Å²) in [6.45, 7) is 10.4. The molecule has 0 spiro atoms. The summed E-state index contributed by atoms with van der Waals surface area (Å²) in [5.74, 6) is 1.45. The maximum atomic E-state index is 12.6. The number of furan rings is 1. The summed E-state index contributed by atoms with van der Waals surface area (Å²) in [7, 11) is 0.638. The Morgan fingerprint density at radius 3 is 2.62 bits per heavy atom. The molecule has 0 amide bonds. The standard InChI is InChI=1S/C32H37NO6S/c1-7-37-30(34)17-24-8-9-26(36-6)18-29(24)38-20-22-14-27-21(2)19-39-31(27)28(15-22)23-10-12-33-25(16-23)11-13-40(35)32(3,4)5/h8-10,12,14-16,18-19H,7,11,13,17,20H2,1-6H3/t40-/m0/s1. The number of rotatable bonds is 11. The predicted molar refractivity (Wildman–Crippen MR) is 158 cm³/mol. The highest BCUT2D eigenvalue weighted by atomic mass is 32.2. The van der Waals surface area contributed by atoms with E-state index in [-0.39, 0.29) is 23.7 Å². The van der Waals surface area contributed by atoms with Gasteiger partial charge in [-0.05, 0) is 81.6 Å². The second-order valence-electron chi connectivity index (χ2n) is 10.6. The van der Waals surface area contributed by atoms with Gasteiger partial charge in [-0.15, -0.1) is 0 Å². The number of nitrogens with zero attached hydrogens (tertiary/aromatic N) is 1. The molecule has 0 fully saturated rings. The Morgan fingerprint density at radius 2 is 1.90 bits per heavy atom. The zero-order valence-corrected chi connectivity index (χ0v) is 24.9. The fourth-order valence-corrected chi connectivity index (χ4v) is 5.38. The molecule has 8 heteroatoms. The number of hydrogen-bond acceptors (Lipinski definition) is 7. The molecule has 212 valence electrons. The molecule has 4 rings (SSSR count). The highest BCUT2D eigenvalue weighted by Crippen LogP contribution is 2.34. The highest BCUT2D eigenvalue weighted by molar-refractivity contribution is 7.86. The van der Waals surface area contributed by atoms with E-state index in [4.69, 9.17) is 18.6 Å². The topological polar surface area (TPSA) is 87.9 Å². The van der Waals surface area contributed by atoms with Crippen molar-refractivity contribution in [2.45, 2.75) is 58.8 Å². The van der Waals surface area contributed by atoms with Crippen LogP contribution in [-0.2, 0) is 39.8 Å². The Labute approximate surface area is 238 Å². The van der Waals surface area contributed by atoms with E-state index in [0.29, 0.717) is 30.3 Å². The fourth-order valence-electron chi connectivity index (χ4n) is 4.37. The molecule has 4 aromatic rings. The van der Waals surface area contributed by atoms with Crippen molar-refractivity contribution >= 4 is 27.7 Å². The van der Waals surface area contributed by atoms with Crippen LogP contribution in [0, 0.1) is 6.92 Å². The minimum atomic E-state index is -0.955. The first kappa shape index (κ1) is 29.3. The Bertz CT molecular complexity index is 1520. The summed E-state index contributed by atoms with van der Waals surface area (Å²) < 4.78 is 35.1. The lowest BCUT2D eigenvalue weighted by atomic mass is 9.99. The summed E-state index contributed by atoms with van der Waals surface area (Å²) >= 11 is 0. The number of carbonyl (C=O) groups is 1. The van der Waals surface area contributed by atoms with Crippen molar-refractivity contribution in [3.63, 3.8) is 0 Å². The van der Waals surface area contributed by atoms with Crippen LogP contribution in [-0.4, -0.2) is 39.4 Å². The lowest BCUT2D eigenvalue weighted by Crippen LogP contribution is -2.25. The number of pyridine rings is 1. The van der Waals surface area contributed by atoms with Crippen molar-refractivity contribution in [1.29, 1.82) is 0 Å². The molecule has 0 aliphatic carbocycles. The highest BCUT2D eigenvalue weighted by Gasteiger charge is 2.20. The molecule has 0 saturated heterocycles. The second-order valence-corrected chi connectivity index (χ2v) is 13.0. The van der Waals surface area contributed by atoms with Crippen LogP contribution in [0.2, 0.25) is 0 Å². The molecule has 0 saturated carbocycles. The van der Waals surface area contributed by atoms with Crippen LogP contribution in [0.15, 0.2) is 59.3 Å². The van der Waals surface area contributed by atoms with Gasteiger partial charge in [0.2, 0.25) is 0 Å². The third-order valence-corrected chi connectivity index (χ3v) is 8.53. The quantitative estimate of drug-likeness (QED) is 0.190. The van der Waals surface area contributed by atoms with Crippen molar-refractivity contribution < 1.29 is 27.6 Å². The van der Waals surface area contributed by atoms with Gasteiger partial charge in [0.25, 0.3) is 0 Å². The molecule has 0 bridgehead atoms. The van der Waals surface area contributed by atoms with Crippen LogP contribution in [0.4, 0.5) is 0 Å². The van der Waals surface area contributed by atoms with Crippen molar-refractivity contribution in [3.8, 4) is 22.6 Å². The van der Waals surface area contributed by atoms with Gasteiger partial charge in [0.15, 0.2) is 0 Å². The number of benzene rings is 2. The molecular formula is C32H37NO6S. The van der Waals surface area contributed by atoms with E-state index < -0.39 is 10.8 Å². The Morgan fingerprint density at radius 1 is 1.10 bits per heavy atom. The molecule has 0 unspecified atom stereocenters. The number of ether oxygens (including phenoxy) is 3. The molecule has 7 nitrogen and oxygen atoms in total. The smallest absolute Gasteiger partial charge is 0.310 e. The van der Waals surface area contributed by atoms with Crippen molar-refractivity contribution in [2.24, 2.45) is 0 Å². The van der Waals surface area contributed by atoms with Crippen LogP contribution in [0.25, 0.3) is 22.1 Å². The molecule has 0 aliphatic heterocycles. The predicted octanol–water partition coefficient (Wildman–Crippen LogP) is 6.59. The van der Waals surface area contributed by atoms with Crippen LogP contribution in [0.3, 0.4) is 0 Å². The first-order valence-electron chi connectivity index (χ1n) is 13.4. The van der Waals surface area contributed by atoms with E-state index in [0.717, 1.165) is 44.5 Å². The molecule has 2 aromatic carbocycles. The summed E-state index contributed by atoms with van der Waals surface area (Å²) in [5, 5.41) is 1.00. The van der Waals surface area contributed by atoms with Gasteiger partial charge in [0.1, 0.15) is 23.7 Å². The third kappa shape index (κ3) is 7.10. The summed E-state index contributed by atoms with van der Waals surface area (Å²) in [4.78, 5) is 16.7. The lowest BCUT2D eigenvalue weighted by Gasteiger charge is -2.17. The Hall–Kier alpha value is -3.65. The van der Waals surface area contributed by atoms with Gasteiger partial charge in [0.05, 0.1) is 26.4 Å². The first-order chi connectivity index (χ1) is 19.1. The summed E-state index contributed by atoms with van der Waals surface area (Å²) in [6.07, 6.45) is 4.28. The van der Waals surface area contributed by atoms with E-state index in [9.17, 15) is 9.00 Å². The number of methoxy groups -OCH3 is 1.